The molecule has 2 bridgehead atoms. The summed E-state index contributed by atoms with van der Waals surface area (Å²) in [6.45, 7) is 1.91. The molecule has 3 aromatic rings. The number of aromatic nitrogens is 4. The number of ether oxygens (including phenoxy) is 1. The number of phenols is 1. The van der Waals surface area contributed by atoms with Gasteiger partial charge in [-0.25, -0.2) is 0 Å². The number of hydrogen-bond donors (Lipinski definition) is 2. The van der Waals surface area contributed by atoms with Crippen LogP contribution >= 0.6 is 11.3 Å². The molecule has 0 spiro atoms. The Balaban J connectivity index is 1.30. The van der Waals surface area contributed by atoms with Gasteiger partial charge in [0.1, 0.15) is 21.9 Å². The van der Waals surface area contributed by atoms with E-state index in [1.165, 1.54) is 30.6 Å². The molecule has 150 valence electrons. The average Bonchev–Trinajstić information content (AvgIpc) is 3.15. The van der Waals surface area contributed by atoms with Gasteiger partial charge in [0.2, 0.25) is 5.88 Å². The van der Waals surface area contributed by atoms with Gasteiger partial charge in [0, 0.05) is 29.3 Å². The van der Waals surface area contributed by atoms with Crippen molar-refractivity contribution in [2.75, 3.05) is 0 Å². The van der Waals surface area contributed by atoms with Crippen LogP contribution in [0.4, 0.5) is 0 Å². The second-order valence-corrected chi connectivity index (χ2v) is 9.00. The molecular weight excluding hydrogens is 386 g/mol. The number of aryl methyl sites for hydroxylation is 1. The van der Waals surface area contributed by atoms with Crippen LogP contribution < -0.4 is 10.1 Å². The number of hydrogen-bond acceptors (Lipinski definition) is 8. The Hall–Kier alpha value is -2.58. The monoisotopic (exact) mass is 409 g/mol. The molecule has 5 rings (SSSR count). The van der Waals surface area contributed by atoms with Crippen molar-refractivity contribution < 1.29 is 9.84 Å². The number of nitrogens with zero attached hydrogens (tertiary/aromatic N) is 4. The molecule has 0 amide bonds. The maximum atomic E-state index is 10.5. The van der Waals surface area contributed by atoms with Crippen molar-refractivity contribution in [1.82, 2.24) is 25.7 Å². The van der Waals surface area contributed by atoms with Crippen LogP contribution in [0, 0.1) is 6.92 Å². The molecule has 0 radical (unpaired) electrons. The zero-order valence-corrected chi connectivity index (χ0v) is 17.0. The van der Waals surface area contributed by atoms with Gasteiger partial charge in [0.15, 0.2) is 0 Å². The minimum Gasteiger partial charge on any atom is -0.507 e. The van der Waals surface area contributed by atoms with E-state index in [0.717, 1.165) is 28.4 Å². The Bertz CT molecular complexity index is 995. The number of nitrogens with one attached hydrogen (secondary N) is 1. The number of piperidine rings is 2. The highest BCUT2D eigenvalue weighted by Gasteiger charge is 2.32. The van der Waals surface area contributed by atoms with Gasteiger partial charge in [0.25, 0.3) is 0 Å². The summed E-state index contributed by atoms with van der Waals surface area (Å²) in [6.07, 6.45) is 6.00. The summed E-state index contributed by atoms with van der Waals surface area (Å²) in [7, 11) is 0. The molecule has 29 heavy (non-hydrogen) atoms. The van der Waals surface area contributed by atoms with Crippen LogP contribution in [0.5, 0.6) is 11.6 Å². The first-order valence-corrected chi connectivity index (χ1v) is 10.9. The van der Waals surface area contributed by atoms with Crippen LogP contribution in [-0.4, -0.2) is 43.7 Å². The van der Waals surface area contributed by atoms with Crippen LogP contribution in [0.1, 0.15) is 37.1 Å². The normalized spacial score (nSPS) is 23.7. The number of fused-ring (bicyclic) bond motifs is 2. The fourth-order valence-corrected chi connectivity index (χ4v) is 4.99. The molecule has 0 saturated carbocycles. The second kappa shape index (κ2) is 7.68. The molecule has 8 heteroatoms. The lowest BCUT2D eigenvalue weighted by Crippen LogP contribution is -2.51. The Labute approximate surface area is 173 Å². The fourth-order valence-electron chi connectivity index (χ4n) is 4.30. The van der Waals surface area contributed by atoms with Crippen molar-refractivity contribution in [1.29, 1.82) is 0 Å². The van der Waals surface area contributed by atoms with E-state index in [4.69, 9.17) is 4.74 Å². The highest BCUT2D eigenvalue weighted by Crippen LogP contribution is 2.34. The summed E-state index contributed by atoms with van der Waals surface area (Å²) in [5.74, 6) is 0.684. The van der Waals surface area contributed by atoms with E-state index in [-0.39, 0.29) is 11.9 Å². The highest BCUT2D eigenvalue weighted by molar-refractivity contribution is 7.14. The van der Waals surface area contributed by atoms with Gasteiger partial charge >= 0.3 is 0 Å². The summed E-state index contributed by atoms with van der Waals surface area (Å²) in [6, 6.07) is 10.2. The van der Waals surface area contributed by atoms with Crippen molar-refractivity contribution >= 4 is 11.3 Å². The summed E-state index contributed by atoms with van der Waals surface area (Å²) in [5, 5.41) is 32.5. The molecule has 0 aliphatic carbocycles. The van der Waals surface area contributed by atoms with E-state index < -0.39 is 0 Å². The van der Waals surface area contributed by atoms with E-state index >= 15 is 0 Å². The van der Waals surface area contributed by atoms with Gasteiger partial charge in [-0.2, -0.15) is 0 Å². The Morgan fingerprint density at radius 2 is 1.86 bits per heavy atom. The third-order valence-electron chi connectivity index (χ3n) is 5.65. The molecule has 2 fully saturated rings. The van der Waals surface area contributed by atoms with Gasteiger partial charge in [-0.05, 0) is 50.8 Å². The minimum absolute atomic E-state index is 0.143. The maximum Gasteiger partial charge on any atom is 0.233 e. The van der Waals surface area contributed by atoms with Crippen LogP contribution in [0.15, 0.2) is 30.3 Å². The molecule has 4 heterocycles. The van der Waals surface area contributed by atoms with Gasteiger partial charge in [-0.3, -0.25) is 0 Å². The molecule has 7 nitrogen and oxygen atoms in total. The number of aromatic hydroxyl groups is 1. The topological polar surface area (TPSA) is 93.1 Å². The third kappa shape index (κ3) is 3.95. The zero-order valence-electron chi connectivity index (χ0n) is 16.2. The predicted molar refractivity (Wildman–Crippen MR) is 111 cm³/mol. The lowest BCUT2D eigenvalue weighted by molar-refractivity contribution is 0.0881. The van der Waals surface area contributed by atoms with E-state index in [1.54, 1.807) is 6.07 Å². The lowest BCUT2D eigenvalue weighted by Gasteiger charge is -2.39. The molecule has 2 aliphatic heterocycles. The first kappa shape index (κ1) is 18.4. The van der Waals surface area contributed by atoms with Crippen molar-refractivity contribution in [3.63, 3.8) is 0 Å². The Morgan fingerprint density at radius 1 is 1.03 bits per heavy atom. The highest BCUT2D eigenvalue weighted by atomic mass is 32.1. The third-order valence-corrected chi connectivity index (χ3v) is 6.53. The molecule has 2 saturated heterocycles. The van der Waals surface area contributed by atoms with E-state index in [1.807, 2.05) is 31.2 Å². The van der Waals surface area contributed by atoms with Gasteiger partial charge in [0.05, 0.1) is 5.69 Å². The number of benzene rings is 1. The van der Waals surface area contributed by atoms with Crippen molar-refractivity contribution in [3.8, 4) is 33.5 Å². The van der Waals surface area contributed by atoms with Crippen LogP contribution in [0.2, 0.25) is 0 Å². The summed E-state index contributed by atoms with van der Waals surface area (Å²) >= 11 is 1.49. The molecule has 2 N–H and O–H groups in total. The van der Waals surface area contributed by atoms with E-state index in [0.29, 0.717) is 29.2 Å². The fraction of sp³-hybridized carbons (Fsp3) is 0.429. The van der Waals surface area contributed by atoms with E-state index in [9.17, 15) is 5.11 Å². The van der Waals surface area contributed by atoms with Gasteiger partial charge in [-0.15, -0.1) is 20.4 Å². The molecular formula is C21H23N5O2S. The molecule has 3 atom stereocenters. The van der Waals surface area contributed by atoms with Crippen molar-refractivity contribution in [2.45, 2.75) is 57.2 Å². The SMILES string of the molecule is Cc1nnc(-c2ccc(-c3ccc(O[C@@H]4C[C@H]5CCC[C@@H](C4)N5)nn3)c(O)c2)s1. The predicted octanol–water partition coefficient (Wildman–Crippen LogP) is 3.73. The first-order chi connectivity index (χ1) is 14.1. The molecule has 0 unspecified atom stereocenters. The molecule has 2 aromatic heterocycles. The van der Waals surface area contributed by atoms with Crippen molar-refractivity contribution in [3.05, 3.63) is 35.3 Å². The van der Waals surface area contributed by atoms with Crippen LogP contribution in [0.25, 0.3) is 21.8 Å². The standard InChI is InChI=1S/C21H23N5O2S/c1-12-23-26-21(29-12)13-5-6-17(19(27)9-13)18-7-8-20(25-24-18)28-16-10-14-3-2-4-15(11-16)22-14/h5-9,14-16,22,27H,2-4,10-11H2,1H3/t14-,15+,16-. The van der Waals surface area contributed by atoms with Crippen LogP contribution in [-0.2, 0) is 0 Å². The van der Waals surface area contributed by atoms with Gasteiger partial charge < -0.3 is 15.2 Å². The zero-order chi connectivity index (χ0) is 19.8. The van der Waals surface area contributed by atoms with Gasteiger partial charge in [-0.1, -0.05) is 23.8 Å². The molecule has 2 aliphatic rings. The Morgan fingerprint density at radius 3 is 2.52 bits per heavy atom. The lowest BCUT2D eigenvalue weighted by atomic mass is 9.85. The summed E-state index contributed by atoms with van der Waals surface area (Å²) in [4.78, 5) is 0. The van der Waals surface area contributed by atoms with Crippen LogP contribution in [0.3, 0.4) is 0 Å². The average molecular weight is 410 g/mol. The Kier molecular flexibility index (Phi) is 4.89. The largest absolute Gasteiger partial charge is 0.507 e. The van der Waals surface area contributed by atoms with E-state index in [2.05, 4.69) is 25.7 Å². The molecule has 1 aromatic carbocycles. The quantitative estimate of drug-likeness (QED) is 0.678. The number of phenolic OH excluding ortho intramolecular Hbond substituents is 1. The summed E-state index contributed by atoms with van der Waals surface area (Å²) < 4.78 is 6.10. The smallest absolute Gasteiger partial charge is 0.233 e. The number of rotatable bonds is 4. The minimum atomic E-state index is 0.143. The summed E-state index contributed by atoms with van der Waals surface area (Å²) in [5.41, 5.74) is 2.07. The maximum absolute atomic E-state index is 10.5. The second-order valence-electron chi connectivity index (χ2n) is 7.82. The van der Waals surface area contributed by atoms with Crippen molar-refractivity contribution in [2.24, 2.45) is 0 Å². The first-order valence-electron chi connectivity index (χ1n) is 10.0.